The van der Waals surface area contributed by atoms with Crippen molar-refractivity contribution in [3.63, 3.8) is 0 Å². The SMILES string of the molecule is Cc1cc(C(=O)N2CCN3C(=O)OCC3C2)c(=O)n(C)c1C. The van der Waals surface area contributed by atoms with Crippen LogP contribution in [0.2, 0.25) is 0 Å². The van der Waals surface area contributed by atoms with Crippen LogP contribution in [-0.4, -0.2) is 58.7 Å². The van der Waals surface area contributed by atoms with Gasteiger partial charge in [-0.3, -0.25) is 14.5 Å². The average Bonchev–Trinajstić information content (AvgIpc) is 2.89. The fraction of sp³-hybridized carbons (Fsp3) is 0.533. The van der Waals surface area contributed by atoms with E-state index in [1.54, 1.807) is 22.9 Å². The third-order valence-electron chi connectivity index (χ3n) is 4.60. The van der Waals surface area contributed by atoms with Crippen molar-refractivity contribution in [2.45, 2.75) is 19.9 Å². The van der Waals surface area contributed by atoms with Gasteiger partial charge in [0, 0.05) is 32.4 Å². The number of carbonyl (C=O) groups excluding carboxylic acids is 2. The van der Waals surface area contributed by atoms with Gasteiger partial charge in [0.25, 0.3) is 11.5 Å². The highest BCUT2D eigenvalue weighted by Gasteiger charge is 2.39. The van der Waals surface area contributed by atoms with Crippen LogP contribution in [-0.2, 0) is 11.8 Å². The summed E-state index contributed by atoms with van der Waals surface area (Å²) >= 11 is 0. The minimum absolute atomic E-state index is 0.111. The monoisotopic (exact) mass is 305 g/mol. The molecule has 1 aromatic heterocycles. The number of hydrogen-bond donors (Lipinski definition) is 0. The molecule has 0 bridgehead atoms. The normalized spacial score (nSPS) is 20.9. The number of aryl methyl sites for hydroxylation is 1. The van der Waals surface area contributed by atoms with Crippen molar-refractivity contribution >= 4 is 12.0 Å². The van der Waals surface area contributed by atoms with Gasteiger partial charge in [0.2, 0.25) is 0 Å². The average molecular weight is 305 g/mol. The van der Waals surface area contributed by atoms with Crippen LogP contribution in [0.25, 0.3) is 0 Å². The first-order valence-electron chi connectivity index (χ1n) is 7.30. The zero-order valence-corrected chi connectivity index (χ0v) is 13.0. The summed E-state index contributed by atoms with van der Waals surface area (Å²) in [6.07, 6.45) is -0.320. The number of amides is 2. The molecule has 3 heterocycles. The molecule has 2 amide bonds. The Labute approximate surface area is 128 Å². The molecule has 0 spiro atoms. The second-order valence-electron chi connectivity index (χ2n) is 5.87. The summed E-state index contributed by atoms with van der Waals surface area (Å²) in [5.41, 5.74) is 1.66. The van der Waals surface area contributed by atoms with E-state index >= 15 is 0 Å². The molecule has 0 N–H and O–H groups in total. The largest absolute Gasteiger partial charge is 0.447 e. The van der Waals surface area contributed by atoms with Crippen LogP contribution in [0.4, 0.5) is 4.79 Å². The van der Waals surface area contributed by atoms with Crippen LogP contribution >= 0.6 is 0 Å². The van der Waals surface area contributed by atoms with Gasteiger partial charge >= 0.3 is 6.09 Å². The van der Waals surface area contributed by atoms with E-state index in [0.717, 1.165) is 11.3 Å². The smallest absolute Gasteiger partial charge is 0.410 e. The number of ether oxygens (including phenoxy) is 1. The van der Waals surface area contributed by atoms with E-state index in [1.807, 2.05) is 13.8 Å². The van der Waals surface area contributed by atoms with Crippen LogP contribution in [0, 0.1) is 13.8 Å². The molecule has 0 aliphatic carbocycles. The molecule has 2 aliphatic heterocycles. The molecule has 0 aromatic carbocycles. The summed E-state index contributed by atoms with van der Waals surface area (Å²) in [5, 5.41) is 0. The molecule has 1 aromatic rings. The quantitative estimate of drug-likeness (QED) is 0.747. The van der Waals surface area contributed by atoms with Crippen molar-refractivity contribution in [1.82, 2.24) is 14.4 Å². The summed E-state index contributed by atoms with van der Waals surface area (Å²) in [6.45, 7) is 5.30. The first-order valence-corrected chi connectivity index (χ1v) is 7.30. The molecule has 118 valence electrons. The number of hydrogen-bond acceptors (Lipinski definition) is 4. The highest BCUT2D eigenvalue weighted by molar-refractivity contribution is 5.94. The Kier molecular flexibility index (Phi) is 3.42. The lowest BCUT2D eigenvalue weighted by atomic mass is 10.1. The van der Waals surface area contributed by atoms with Gasteiger partial charge in [-0.15, -0.1) is 0 Å². The van der Waals surface area contributed by atoms with Gasteiger partial charge in [0.15, 0.2) is 0 Å². The lowest BCUT2D eigenvalue weighted by molar-refractivity contribution is 0.0614. The molecular weight excluding hydrogens is 286 g/mol. The first kappa shape index (κ1) is 14.6. The van der Waals surface area contributed by atoms with E-state index in [4.69, 9.17) is 4.74 Å². The second kappa shape index (κ2) is 5.15. The van der Waals surface area contributed by atoms with Crippen LogP contribution in [0.3, 0.4) is 0 Å². The third-order valence-corrected chi connectivity index (χ3v) is 4.60. The number of carbonyl (C=O) groups is 2. The fourth-order valence-corrected chi connectivity index (χ4v) is 2.98. The van der Waals surface area contributed by atoms with Crippen molar-refractivity contribution < 1.29 is 14.3 Å². The highest BCUT2D eigenvalue weighted by Crippen LogP contribution is 2.19. The number of rotatable bonds is 1. The lowest BCUT2D eigenvalue weighted by Crippen LogP contribution is -2.54. The van der Waals surface area contributed by atoms with Gasteiger partial charge in [-0.1, -0.05) is 0 Å². The van der Waals surface area contributed by atoms with Gasteiger partial charge in [0.1, 0.15) is 12.2 Å². The maximum Gasteiger partial charge on any atom is 0.410 e. The first-order chi connectivity index (χ1) is 10.4. The van der Waals surface area contributed by atoms with E-state index < -0.39 is 0 Å². The molecule has 1 atom stereocenters. The van der Waals surface area contributed by atoms with Crippen LogP contribution in [0.5, 0.6) is 0 Å². The molecule has 0 saturated carbocycles. The standard InChI is InChI=1S/C15H19N3O4/c1-9-6-12(13(19)16(3)10(9)2)14(20)17-4-5-18-11(7-17)8-22-15(18)21/h6,11H,4-5,7-8H2,1-3H3. The zero-order valence-electron chi connectivity index (χ0n) is 13.0. The highest BCUT2D eigenvalue weighted by atomic mass is 16.6. The van der Waals surface area contributed by atoms with E-state index in [-0.39, 0.29) is 29.2 Å². The summed E-state index contributed by atoms with van der Waals surface area (Å²) in [6, 6.07) is 1.54. The summed E-state index contributed by atoms with van der Waals surface area (Å²) in [5.74, 6) is -0.275. The van der Waals surface area contributed by atoms with Gasteiger partial charge < -0.3 is 14.2 Å². The topological polar surface area (TPSA) is 71.9 Å². The number of cyclic esters (lactones) is 1. The Morgan fingerprint density at radius 1 is 1.27 bits per heavy atom. The fourth-order valence-electron chi connectivity index (χ4n) is 2.98. The number of aromatic nitrogens is 1. The molecule has 2 fully saturated rings. The van der Waals surface area contributed by atoms with Crippen molar-refractivity contribution in [2.75, 3.05) is 26.2 Å². The van der Waals surface area contributed by atoms with E-state index in [0.29, 0.717) is 26.2 Å². The minimum atomic E-state index is -0.320. The van der Waals surface area contributed by atoms with Crippen LogP contribution in [0.15, 0.2) is 10.9 Å². The van der Waals surface area contributed by atoms with E-state index in [1.165, 1.54) is 4.57 Å². The summed E-state index contributed by atoms with van der Waals surface area (Å²) in [7, 11) is 1.67. The molecule has 22 heavy (non-hydrogen) atoms. The molecule has 7 nitrogen and oxygen atoms in total. The van der Waals surface area contributed by atoms with Crippen LogP contribution < -0.4 is 5.56 Å². The lowest BCUT2D eigenvalue weighted by Gasteiger charge is -2.35. The number of nitrogens with zero attached hydrogens (tertiary/aromatic N) is 3. The Morgan fingerprint density at radius 2 is 2.00 bits per heavy atom. The third kappa shape index (κ3) is 2.17. The second-order valence-corrected chi connectivity index (χ2v) is 5.87. The van der Waals surface area contributed by atoms with Gasteiger partial charge in [-0.2, -0.15) is 0 Å². The Morgan fingerprint density at radius 3 is 2.73 bits per heavy atom. The van der Waals surface area contributed by atoms with E-state index in [9.17, 15) is 14.4 Å². The number of fused-ring (bicyclic) bond motifs is 1. The number of piperazine rings is 1. The van der Waals surface area contributed by atoms with Gasteiger partial charge in [-0.25, -0.2) is 4.79 Å². The van der Waals surface area contributed by atoms with E-state index in [2.05, 4.69) is 0 Å². The molecule has 1 unspecified atom stereocenters. The van der Waals surface area contributed by atoms with Crippen molar-refractivity contribution in [1.29, 1.82) is 0 Å². The maximum absolute atomic E-state index is 12.7. The Hall–Kier alpha value is -2.31. The molecule has 2 aliphatic rings. The maximum atomic E-state index is 12.7. The molecule has 0 radical (unpaired) electrons. The molecule has 3 rings (SSSR count). The van der Waals surface area contributed by atoms with Gasteiger partial charge in [-0.05, 0) is 25.5 Å². The number of pyridine rings is 1. The predicted octanol–water partition coefficient (Wildman–Crippen LogP) is 0.279. The molecule has 7 heteroatoms. The zero-order chi connectivity index (χ0) is 16.0. The summed E-state index contributed by atoms with van der Waals surface area (Å²) < 4.78 is 6.50. The predicted molar refractivity (Wildman–Crippen MR) is 78.9 cm³/mol. The van der Waals surface area contributed by atoms with Crippen molar-refractivity contribution in [2.24, 2.45) is 7.05 Å². The summed E-state index contributed by atoms with van der Waals surface area (Å²) in [4.78, 5) is 39.8. The van der Waals surface area contributed by atoms with Gasteiger partial charge in [0.05, 0.1) is 6.04 Å². The Bertz CT molecular complexity index is 709. The van der Waals surface area contributed by atoms with Crippen molar-refractivity contribution in [3.05, 3.63) is 33.2 Å². The minimum Gasteiger partial charge on any atom is -0.447 e. The van der Waals surface area contributed by atoms with Crippen LogP contribution in [0.1, 0.15) is 21.6 Å². The Balaban J connectivity index is 1.87. The molecule has 2 saturated heterocycles. The van der Waals surface area contributed by atoms with Crippen molar-refractivity contribution in [3.8, 4) is 0 Å². The molecular formula is C15H19N3O4.